The lowest BCUT2D eigenvalue weighted by molar-refractivity contribution is -0.139. The quantitative estimate of drug-likeness (QED) is 0.767. The highest BCUT2D eigenvalue weighted by molar-refractivity contribution is 5.94. The van der Waals surface area contributed by atoms with E-state index in [0.717, 1.165) is 0 Å². The van der Waals surface area contributed by atoms with E-state index in [4.69, 9.17) is 14.4 Å². The van der Waals surface area contributed by atoms with Gasteiger partial charge in [-0.2, -0.15) is 0 Å². The van der Waals surface area contributed by atoms with Crippen molar-refractivity contribution in [3.8, 4) is 0 Å². The molecule has 0 unspecified atom stereocenters. The summed E-state index contributed by atoms with van der Waals surface area (Å²) in [6.07, 6.45) is 0.351. The standard InChI is InChI=1S/C12H18N2O5/c1-7(2)4-10(12(16)17)13-11(15)9-5-8(6-18-3)19-14-9/h5,7,10H,4,6H2,1-3H3,(H,13,15)(H,16,17)/t10-/m1/s1. The van der Waals surface area contributed by atoms with Gasteiger partial charge in [0.1, 0.15) is 12.6 Å². The fourth-order valence-corrected chi connectivity index (χ4v) is 1.56. The van der Waals surface area contributed by atoms with Gasteiger partial charge in [-0.05, 0) is 12.3 Å². The summed E-state index contributed by atoms with van der Waals surface area (Å²) < 4.78 is 9.70. The van der Waals surface area contributed by atoms with E-state index in [2.05, 4.69) is 10.5 Å². The minimum atomic E-state index is -1.07. The minimum absolute atomic E-state index is 0.0436. The summed E-state index contributed by atoms with van der Waals surface area (Å²) in [6, 6.07) is 0.489. The molecule has 0 radical (unpaired) electrons. The van der Waals surface area contributed by atoms with Crippen molar-refractivity contribution in [3.63, 3.8) is 0 Å². The van der Waals surface area contributed by atoms with Crippen LogP contribution < -0.4 is 5.32 Å². The Labute approximate surface area is 110 Å². The molecule has 19 heavy (non-hydrogen) atoms. The highest BCUT2D eigenvalue weighted by Crippen LogP contribution is 2.08. The average molecular weight is 270 g/mol. The van der Waals surface area contributed by atoms with Gasteiger partial charge >= 0.3 is 5.97 Å². The summed E-state index contributed by atoms with van der Waals surface area (Å²) in [5.41, 5.74) is 0.0436. The molecule has 7 nitrogen and oxygen atoms in total. The van der Waals surface area contributed by atoms with Crippen LogP contribution in [0.4, 0.5) is 0 Å². The number of aliphatic carboxylic acids is 1. The summed E-state index contributed by atoms with van der Waals surface area (Å²) in [4.78, 5) is 22.9. The molecule has 0 spiro atoms. The number of amides is 1. The zero-order valence-corrected chi connectivity index (χ0v) is 11.2. The summed E-state index contributed by atoms with van der Waals surface area (Å²) in [5.74, 6) is -1.08. The summed E-state index contributed by atoms with van der Waals surface area (Å²) in [5, 5.41) is 15.0. The molecule has 0 aromatic carbocycles. The molecule has 1 heterocycles. The normalized spacial score (nSPS) is 12.4. The number of hydrogen-bond acceptors (Lipinski definition) is 5. The van der Waals surface area contributed by atoms with E-state index in [1.54, 1.807) is 0 Å². The molecule has 0 bridgehead atoms. The van der Waals surface area contributed by atoms with Gasteiger partial charge in [-0.1, -0.05) is 19.0 Å². The zero-order chi connectivity index (χ0) is 14.4. The van der Waals surface area contributed by atoms with E-state index < -0.39 is 17.9 Å². The lowest BCUT2D eigenvalue weighted by atomic mass is 10.0. The van der Waals surface area contributed by atoms with E-state index in [1.165, 1.54) is 13.2 Å². The third-order valence-electron chi connectivity index (χ3n) is 2.39. The van der Waals surface area contributed by atoms with Crippen LogP contribution in [0.2, 0.25) is 0 Å². The van der Waals surface area contributed by atoms with Crippen LogP contribution >= 0.6 is 0 Å². The number of nitrogens with one attached hydrogen (secondary N) is 1. The van der Waals surface area contributed by atoms with Crippen LogP contribution in [0, 0.1) is 5.92 Å². The van der Waals surface area contributed by atoms with Crippen molar-refractivity contribution in [1.82, 2.24) is 10.5 Å². The molecule has 2 N–H and O–H groups in total. The first-order valence-corrected chi connectivity index (χ1v) is 5.92. The second-order valence-corrected chi connectivity index (χ2v) is 4.61. The number of rotatable bonds is 7. The second-order valence-electron chi connectivity index (χ2n) is 4.61. The summed E-state index contributed by atoms with van der Waals surface area (Å²) in [6.45, 7) is 3.97. The lowest BCUT2D eigenvalue weighted by Gasteiger charge is -2.15. The number of nitrogens with zero attached hydrogens (tertiary/aromatic N) is 1. The Bertz CT molecular complexity index is 441. The summed E-state index contributed by atoms with van der Waals surface area (Å²) >= 11 is 0. The van der Waals surface area contributed by atoms with Gasteiger partial charge in [0.05, 0.1) is 0 Å². The molecule has 1 rings (SSSR count). The van der Waals surface area contributed by atoms with Gasteiger partial charge in [0.15, 0.2) is 11.5 Å². The zero-order valence-electron chi connectivity index (χ0n) is 11.2. The van der Waals surface area contributed by atoms with E-state index in [-0.39, 0.29) is 18.2 Å². The van der Waals surface area contributed by atoms with Crippen LogP contribution in [0.15, 0.2) is 10.6 Å². The number of carbonyl (C=O) groups excluding carboxylic acids is 1. The van der Waals surface area contributed by atoms with Crippen LogP contribution in [0.3, 0.4) is 0 Å². The molecular formula is C12H18N2O5. The van der Waals surface area contributed by atoms with Gasteiger partial charge < -0.3 is 19.7 Å². The molecule has 106 valence electrons. The SMILES string of the molecule is COCc1cc(C(=O)N[C@H](CC(C)C)C(=O)O)no1. The third-order valence-corrected chi connectivity index (χ3v) is 2.39. The largest absolute Gasteiger partial charge is 0.480 e. The van der Waals surface area contributed by atoms with Crippen molar-refractivity contribution in [2.45, 2.75) is 32.9 Å². The summed E-state index contributed by atoms with van der Waals surface area (Å²) in [7, 11) is 1.49. The van der Waals surface area contributed by atoms with Crippen molar-refractivity contribution in [2.24, 2.45) is 5.92 Å². The average Bonchev–Trinajstić information content (AvgIpc) is 2.76. The Morgan fingerprint density at radius 2 is 2.21 bits per heavy atom. The maximum atomic E-state index is 11.8. The van der Waals surface area contributed by atoms with Crippen molar-refractivity contribution in [1.29, 1.82) is 0 Å². The molecule has 1 amide bonds. The van der Waals surface area contributed by atoms with Crippen LogP contribution in [-0.4, -0.2) is 35.3 Å². The topological polar surface area (TPSA) is 102 Å². The number of carboxylic acid groups (broad SMARTS) is 1. The fraction of sp³-hybridized carbons (Fsp3) is 0.583. The van der Waals surface area contributed by atoms with Crippen molar-refractivity contribution in [3.05, 3.63) is 17.5 Å². The fourth-order valence-electron chi connectivity index (χ4n) is 1.56. The predicted molar refractivity (Wildman–Crippen MR) is 65.6 cm³/mol. The molecule has 0 aliphatic heterocycles. The molecule has 1 aromatic heterocycles. The number of carbonyl (C=O) groups is 2. The highest BCUT2D eigenvalue weighted by Gasteiger charge is 2.23. The van der Waals surface area contributed by atoms with Crippen LogP contribution in [0.5, 0.6) is 0 Å². The Morgan fingerprint density at radius 1 is 1.53 bits per heavy atom. The first-order valence-electron chi connectivity index (χ1n) is 5.92. The third kappa shape index (κ3) is 4.70. The van der Waals surface area contributed by atoms with Gasteiger partial charge in [0, 0.05) is 13.2 Å². The maximum Gasteiger partial charge on any atom is 0.326 e. The van der Waals surface area contributed by atoms with E-state index >= 15 is 0 Å². The van der Waals surface area contributed by atoms with Crippen LogP contribution in [0.1, 0.15) is 36.5 Å². The monoisotopic (exact) mass is 270 g/mol. The van der Waals surface area contributed by atoms with Gasteiger partial charge in [0.2, 0.25) is 0 Å². The number of methoxy groups -OCH3 is 1. The first kappa shape index (κ1) is 15.2. The van der Waals surface area contributed by atoms with Gasteiger partial charge in [-0.15, -0.1) is 0 Å². The minimum Gasteiger partial charge on any atom is -0.480 e. The molecular weight excluding hydrogens is 252 g/mol. The Hall–Kier alpha value is -1.89. The maximum absolute atomic E-state index is 11.8. The second kappa shape index (κ2) is 6.89. The van der Waals surface area contributed by atoms with Gasteiger partial charge in [-0.25, -0.2) is 4.79 Å². The molecule has 1 atom stereocenters. The van der Waals surface area contributed by atoms with Gasteiger partial charge in [-0.3, -0.25) is 4.79 Å². The van der Waals surface area contributed by atoms with Crippen molar-refractivity contribution < 1.29 is 24.0 Å². The molecule has 0 fully saturated rings. The smallest absolute Gasteiger partial charge is 0.326 e. The number of ether oxygens (including phenoxy) is 1. The highest BCUT2D eigenvalue weighted by atomic mass is 16.5. The number of carboxylic acids is 1. The first-order chi connectivity index (χ1) is 8.93. The molecule has 0 aliphatic carbocycles. The predicted octanol–water partition coefficient (Wildman–Crippen LogP) is 1.05. The van der Waals surface area contributed by atoms with Crippen LogP contribution in [0.25, 0.3) is 0 Å². The van der Waals surface area contributed by atoms with Crippen LogP contribution in [-0.2, 0) is 16.1 Å². The molecule has 0 saturated carbocycles. The lowest BCUT2D eigenvalue weighted by Crippen LogP contribution is -2.41. The van der Waals surface area contributed by atoms with Crippen molar-refractivity contribution in [2.75, 3.05) is 7.11 Å². The Kier molecular flexibility index (Phi) is 5.50. The number of hydrogen-bond donors (Lipinski definition) is 2. The number of aromatic nitrogens is 1. The molecule has 7 heteroatoms. The Morgan fingerprint density at radius 3 is 2.74 bits per heavy atom. The molecule has 0 saturated heterocycles. The van der Waals surface area contributed by atoms with E-state index in [0.29, 0.717) is 12.2 Å². The van der Waals surface area contributed by atoms with E-state index in [9.17, 15) is 9.59 Å². The van der Waals surface area contributed by atoms with Gasteiger partial charge in [0.25, 0.3) is 5.91 Å². The van der Waals surface area contributed by atoms with E-state index in [1.807, 2.05) is 13.8 Å². The van der Waals surface area contributed by atoms with Crippen molar-refractivity contribution >= 4 is 11.9 Å². The Balaban J connectivity index is 2.67. The molecule has 1 aromatic rings. The molecule has 0 aliphatic rings.